The molecule has 2 amide bonds. The maximum Gasteiger partial charge on any atom is 0.240 e. The van der Waals surface area contributed by atoms with E-state index in [2.05, 4.69) is 15.8 Å². The lowest BCUT2D eigenvalue weighted by Crippen LogP contribution is -2.41. The average Bonchev–Trinajstić information content (AvgIpc) is 2.95. The molecule has 25 heavy (non-hydrogen) atoms. The van der Waals surface area contributed by atoms with Crippen LogP contribution >= 0.6 is 11.6 Å². The van der Waals surface area contributed by atoms with Crippen molar-refractivity contribution in [2.75, 3.05) is 17.7 Å². The first-order chi connectivity index (χ1) is 11.6. The molecule has 0 aliphatic rings. The van der Waals surface area contributed by atoms with Crippen molar-refractivity contribution >= 4 is 34.9 Å². The molecule has 0 saturated carbocycles. The van der Waals surface area contributed by atoms with Crippen LogP contribution in [0.25, 0.3) is 0 Å². The number of aromatic nitrogens is 1. The number of carbonyl (C=O) groups is 2. The van der Waals surface area contributed by atoms with Crippen LogP contribution in [0.1, 0.15) is 25.2 Å². The van der Waals surface area contributed by atoms with Gasteiger partial charge in [0.05, 0.1) is 12.8 Å². The fourth-order valence-electron chi connectivity index (χ4n) is 2.01. The Morgan fingerprint density at radius 3 is 2.36 bits per heavy atom. The minimum atomic E-state index is -1.36. The van der Waals surface area contributed by atoms with Gasteiger partial charge in [0.15, 0.2) is 5.82 Å². The van der Waals surface area contributed by atoms with E-state index in [-0.39, 0.29) is 5.82 Å². The zero-order valence-electron chi connectivity index (χ0n) is 14.7. The van der Waals surface area contributed by atoms with E-state index in [1.165, 1.54) is 21.0 Å². The van der Waals surface area contributed by atoms with Crippen molar-refractivity contribution in [1.29, 1.82) is 0 Å². The lowest BCUT2D eigenvalue weighted by Gasteiger charge is -2.23. The third-order valence-corrected chi connectivity index (χ3v) is 4.14. The summed E-state index contributed by atoms with van der Waals surface area (Å²) in [6.07, 6.45) is 0. The first-order valence-corrected chi connectivity index (χ1v) is 7.93. The molecule has 0 atom stereocenters. The summed E-state index contributed by atoms with van der Waals surface area (Å²) in [6, 6.07) is 4.86. The molecular formula is C17H20ClN3O4. The molecule has 0 fully saturated rings. The van der Waals surface area contributed by atoms with Gasteiger partial charge in [-0.25, -0.2) is 0 Å². The lowest BCUT2D eigenvalue weighted by molar-refractivity contribution is -0.135. The normalized spacial score (nSPS) is 11.1. The molecular weight excluding hydrogens is 346 g/mol. The molecule has 1 aromatic carbocycles. The Kier molecular flexibility index (Phi) is 5.37. The van der Waals surface area contributed by atoms with Crippen LogP contribution in [0.5, 0.6) is 5.75 Å². The number of rotatable bonds is 5. The number of carbonyl (C=O) groups excluding carboxylic acids is 2. The quantitative estimate of drug-likeness (QED) is 0.790. The smallest absolute Gasteiger partial charge is 0.240 e. The van der Waals surface area contributed by atoms with Crippen molar-refractivity contribution in [2.45, 2.75) is 27.7 Å². The number of benzene rings is 1. The van der Waals surface area contributed by atoms with Gasteiger partial charge in [-0.05, 0) is 39.3 Å². The van der Waals surface area contributed by atoms with Gasteiger partial charge in [-0.1, -0.05) is 16.8 Å². The molecule has 8 heteroatoms. The maximum atomic E-state index is 12.6. The summed E-state index contributed by atoms with van der Waals surface area (Å²) in [4.78, 5) is 25.1. The standard InChI is InChI=1S/C17H20ClN3O4/c1-9-6-12(13(24-5)8-11(9)18)19-15(22)17(3,4)16(23)20-14-7-10(2)25-21-14/h6-8H,1-5H3,(H,19,22)(H,20,21,23). The Hall–Kier alpha value is -2.54. The minimum Gasteiger partial charge on any atom is -0.495 e. The van der Waals surface area contributed by atoms with E-state index in [1.807, 2.05) is 6.92 Å². The molecule has 7 nitrogen and oxygen atoms in total. The second-order valence-corrected chi connectivity index (χ2v) is 6.56. The first-order valence-electron chi connectivity index (χ1n) is 7.55. The largest absolute Gasteiger partial charge is 0.495 e. The van der Waals surface area contributed by atoms with Crippen molar-refractivity contribution in [3.05, 3.63) is 34.5 Å². The van der Waals surface area contributed by atoms with E-state index in [1.54, 1.807) is 25.1 Å². The second kappa shape index (κ2) is 7.14. The van der Waals surface area contributed by atoms with E-state index < -0.39 is 17.2 Å². The molecule has 2 N–H and O–H groups in total. The number of nitrogens with one attached hydrogen (secondary N) is 2. The van der Waals surface area contributed by atoms with Gasteiger partial charge in [-0.2, -0.15) is 0 Å². The van der Waals surface area contributed by atoms with Crippen LogP contribution in [-0.4, -0.2) is 24.1 Å². The Morgan fingerprint density at radius 2 is 1.80 bits per heavy atom. The number of aryl methyl sites for hydroxylation is 2. The molecule has 134 valence electrons. The Balaban J connectivity index is 2.18. The molecule has 0 radical (unpaired) electrons. The number of nitrogens with zero attached hydrogens (tertiary/aromatic N) is 1. The summed E-state index contributed by atoms with van der Waals surface area (Å²) in [5.74, 6) is 0.211. The van der Waals surface area contributed by atoms with Gasteiger partial charge in [0, 0.05) is 17.2 Å². The van der Waals surface area contributed by atoms with Crippen LogP contribution < -0.4 is 15.4 Å². The topological polar surface area (TPSA) is 93.5 Å². The van der Waals surface area contributed by atoms with Crippen molar-refractivity contribution in [3.8, 4) is 5.75 Å². The van der Waals surface area contributed by atoms with Crippen LogP contribution in [0.15, 0.2) is 22.7 Å². The SMILES string of the molecule is COc1cc(Cl)c(C)cc1NC(=O)C(C)(C)C(=O)Nc1cc(C)on1. The highest BCUT2D eigenvalue weighted by Gasteiger charge is 2.37. The maximum absolute atomic E-state index is 12.6. The van der Waals surface area contributed by atoms with Crippen molar-refractivity contribution in [2.24, 2.45) is 5.41 Å². The second-order valence-electron chi connectivity index (χ2n) is 6.16. The fourth-order valence-corrected chi connectivity index (χ4v) is 2.16. The Labute approximate surface area is 150 Å². The molecule has 0 aliphatic heterocycles. The van der Waals surface area contributed by atoms with Gasteiger partial charge in [0.2, 0.25) is 11.8 Å². The number of anilines is 2. The predicted octanol–water partition coefficient (Wildman–Crippen LogP) is 3.56. The predicted molar refractivity (Wildman–Crippen MR) is 95.0 cm³/mol. The van der Waals surface area contributed by atoms with Crippen LogP contribution in [0.2, 0.25) is 5.02 Å². The number of hydrogen-bond donors (Lipinski definition) is 2. The molecule has 2 rings (SSSR count). The van der Waals surface area contributed by atoms with Gasteiger partial charge in [0.25, 0.3) is 0 Å². The lowest BCUT2D eigenvalue weighted by atomic mass is 9.91. The van der Waals surface area contributed by atoms with E-state index in [0.29, 0.717) is 22.2 Å². The summed E-state index contributed by atoms with van der Waals surface area (Å²) in [6.45, 7) is 6.54. The third-order valence-electron chi connectivity index (χ3n) is 3.73. The van der Waals surface area contributed by atoms with Crippen LogP contribution in [-0.2, 0) is 9.59 Å². The summed E-state index contributed by atoms with van der Waals surface area (Å²) in [7, 11) is 1.47. The van der Waals surface area contributed by atoms with Crippen LogP contribution in [0, 0.1) is 19.3 Å². The molecule has 0 saturated heterocycles. The van der Waals surface area contributed by atoms with Gasteiger partial charge < -0.3 is 19.9 Å². The van der Waals surface area contributed by atoms with E-state index in [0.717, 1.165) is 5.56 Å². The number of hydrogen-bond acceptors (Lipinski definition) is 5. The van der Waals surface area contributed by atoms with Crippen molar-refractivity contribution in [1.82, 2.24) is 5.16 Å². The Morgan fingerprint density at radius 1 is 1.16 bits per heavy atom. The highest BCUT2D eigenvalue weighted by atomic mass is 35.5. The monoisotopic (exact) mass is 365 g/mol. The van der Waals surface area contributed by atoms with Gasteiger partial charge in [-0.3, -0.25) is 9.59 Å². The van der Waals surface area contributed by atoms with Crippen LogP contribution in [0.4, 0.5) is 11.5 Å². The number of amides is 2. The van der Waals surface area contributed by atoms with Crippen LogP contribution in [0.3, 0.4) is 0 Å². The highest BCUT2D eigenvalue weighted by Crippen LogP contribution is 2.32. The number of methoxy groups -OCH3 is 1. The van der Waals surface area contributed by atoms with Gasteiger partial charge in [0.1, 0.15) is 16.9 Å². The van der Waals surface area contributed by atoms with Crippen molar-refractivity contribution < 1.29 is 18.8 Å². The molecule has 1 aromatic heterocycles. The van der Waals surface area contributed by atoms with Crippen molar-refractivity contribution in [3.63, 3.8) is 0 Å². The highest BCUT2D eigenvalue weighted by molar-refractivity contribution is 6.31. The molecule has 0 bridgehead atoms. The summed E-state index contributed by atoms with van der Waals surface area (Å²) in [5.41, 5.74) is -0.142. The zero-order chi connectivity index (χ0) is 18.8. The number of ether oxygens (including phenoxy) is 1. The first kappa shape index (κ1) is 18.8. The Bertz CT molecular complexity index is 814. The molecule has 2 aromatic rings. The molecule has 0 spiro atoms. The van der Waals surface area contributed by atoms with Gasteiger partial charge >= 0.3 is 0 Å². The van der Waals surface area contributed by atoms with Gasteiger partial charge in [-0.15, -0.1) is 0 Å². The zero-order valence-corrected chi connectivity index (χ0v) is 15.4. The minimum absolute atomic E-state index is 0.253. The summed E-state index contributed by atoms with van der Waals surface area (Å²) < 4.78 is 10.1. The number of halogens is 1. The fraction of sp³-hybridized carbons (Fsp3) is 0.353. The molecule has 0 aliphatic carbocycles. The van der Waals surface area contributed by atoms with E-state index in [9.17, 15) is 9.59 Å². The van der Waals surface area contributed by atoms with E-state index in [4.69, 9.17) is 20.9 Å². The third kappa shape index (κ3) is 4.11. The van der Waals surface area contributed by atoms with E-state index >= 15 is 0 Å². The average molecular weight is 366 g/mol. The molecule has 1 heterocycles. The molecule has 0 unspecified atom stereocenters. The summed E-state index contributed by atoms with van der Waals surface area (Å²) in [5, 5.41) is 9.49. The summed E-state index contributed by atoms with van der Waals surface area (Å²) >= 11 is 6.06.